The fraction of sp³-hybridized carbons (Fsp3) is 0.294. The van der Waals surface area contributed by atoms with Crippen molar-refractivity contribution in [3.8, 4) is 0 Å². The lowest BCUT2D eigenvalue weighted by atomic mass is 10.0. The Kier molecular flexibility index (Phi) is 3.93. The van der Waals surface area contributed by atoms with Gasteiger partial charge in [-0.05, 0) is 37.0 Å². The zero-order valence-corrected chi connectivity index (χ0v) is 12.7. The third kappa shape index (κ3) is 2.93. The smallest absolute Gasteiger partial charge is 0.257 e. The summed E-state index contributed by atoms with van der Waals surface area (Å²) < 4.78 is 0. The van der Waals surface area contributed by atoms with E-state index in [2.05, 4.69) is 23.2 Å². The molecule has 2 aromatic rings. The van der Waals surface area contributed by atoms with E-state index in [-0.39, 0.29) is 5.91 Å². The summed E-state index contributed by atoms with van der Waals surface area (Å²) in [6.45, 7) is 3.25. The predicted octanol–water partition coefficient (Wildman–Crippen LogP) is 3.63. The molecule has 0 N–H and O–H groups in total. The zero-order valence-electron chi connectivity index (χ0n) is 12.0. The molecule has 0 aliphatic carbocycles. The molecule has 21 heavy (non-hydrogen) atoms. The molecule has 0 unspecified atom stereocenters. The van der Waals surface area contributed by atoms with Gasteiger partial charge in [-0.1, -0.05) is 35.9 Å². The van der Waals surface area contributed by atoms with Crippen LogP contribution in [0.2, 0.25) is 5.02 Å². The van der Waals surface area contributed by atoms with Crippen LogP contribution >= 0.6 is 11.6 Å². The first-order valence-corrected chi connectivity index (χ1v) is 7.51. The lowest BCUT2D eigenvalue weighted by Crippen LogP contribution is -2.31. The lowest BCUT2D eigenvalue weighted by Gasteiger charge is -2.21. The van der Waals surface area contributed by atoms with Crippen molar-refractivity contribution in [2.24, 2.45) is 0 Å². The molecule has 4 heteroatoms. The maximum atomic E-state index is 12.7. The summed E-state index contributed by atoms with van der Waals surface area (Å²) in [6, 6.07) is 10.0. The van der Waals surface area contributed by atoms with Crippen LogP contribution in [0.3, 0.4) is 0 Å². The minimum Gasteiger partial charge on any atom is -0.334 e. The molecule has 1 aliphatic rings. The van der Waals surface area contributed by atoms with Gasteiger partial charge in [0, 0.05) is 25.0 Å². The number of hydrogen-bond donors (Lipinski definition) is 0. The number of amides is 1. The van der Waals surface area contributed by atoms with Crippen LogP contribution in [0.5, 0.6) is 0 Å². The molecule has 0 saturated heterocycles. The average molecular weight is 301 g/mol. The molecule has 0 saturated carbocycles. The number of rotatable bonds is 1. The Morgan fingerprint density at radius 2 is 2.05 bits per heavy atom. The van der Waals surface area contributed by atoms with Gasteiger partial charge < -0.3 is 4.90 Å². The highest BCUT2D eigenvalue weighted by atomic mass is 35.5. The summed E-state index contributed by atoms with van der Waals surface area (Å²) in [4.78, 5) is 18.8. The van der Waals surface area contributed by atoms with Crippen LogP contribution in [0.4, 0.5) is 0 Å². The fourth-order valence-electron chi connectivity index (χ4n) is 2.73. The number of carbonyl (C=O) groups is 1. The van der Waals surface area contributed by atoms with Crippen LogP contribution in [0.15, 0.2) is 36.5 Å². The van der Waals surface area contributed by atoms with Crippen LogP contribution in [0.1, 0.15) is 33.6 Å². The van der Waals surface area contributed by atoms with E-state index in [1.165, 1.54) is 11.1 Å². The summed E-state index contributed by atoms with van der Waals surface area (Å²) in [5.74, 6) is -0.0378. The first kappa shape index (κ1) is 14.1. The molecule has 108 valence electrons. The van der Waals surface area contributed by atoms with Gasteiger partial charge in [0.25, 0.3) is 5.91 Å². The standard InChI is InChI=1S/C17H17ClN2O/c1-12-9-16(18)15(10-19-12)17(21)20-8-4-7-13-5-2-3-6-14(13)11-20/h2-3,5-6,9-10H,4,7-8,11H2,1H3. The molecule has 3 nitrogen and oxygen atoms in total. The van der Waals surface area contributed by atoms with Gasteiger partial charge in [-0.3, -0.25) is 9.78 Å². The number of benzene rings is 1. The highest BCUT2D eigenvalue weighted by molar-refractivity contribution is 6.33. The Morgan fingerprint density at radius 3 is 2.81 bits per heavy atom. The van der Waals surface area contributed by atoms with Gasteiger partial charge in [0.15, 0.2) is 0 Å². The molecule has 2 heterocycles. The second-order valence-corrected chi connectivity index (χ2v) is 5.81. The molecule has 0 fully saturated rings. The van der Waals surface area contributed by atoms with Crippen LogP contribution in [-0.2, 0) is 13.0 Å². The van der Waals surface area contributed by atoms with Gasteiger partial charge in [-0.2, -0.15) is 0 Å². The fourth-order valence-corrected chi connectivity index (χ4v) is 3.02. The SMILES string of the molecule is Cc1cc(Cl)c(C(=O)N2CCCc3ccccc3C2)cn1. The van der Waals surface area contributed by atoms with Gasteiger partial charge >= 0.3 is 0 Å². The third-order valence-electron chi connectivity index (χ3n) is 3.86. The number of fused-ring (bicyclic) bond motifs is 1. The molecule has 0 spiro atoms. The Balaban J connectivity index is 1.88. The maximum Gasteiger partial charge on any atom is 0.257 e. The van der Waals surface area contributed by atoms with E-state index in [1.807, 2.05) is 17.9 Å². The number of hydrogen-bond acceptors (Lipinski definition) is 2. The van der Waals surface area contributed by atoms with Crippen molar-refractivity contribution >= 4 is 17.5 Å². The average Bonchev–Trinajstić information content (AvgIpc) is 2.68. The van der Waals surface area contributed by atoms with E-state index in [9.17, 15) is 4.79 Å². The Hall–Kier alpha value is -1.87. The highest BCUT2D eigenvalue weighted by Crippen LogP contribution is 2.23. The Bertz CT molecular complexity index is 684. The van der Waals surface area contributed by atoms with E-state index >= 15 is 0 Å². The predicted molar refractivity (Wildman–Crippen MR) is 83.5 cm³/mol. The summed E-state index contributed by atoms with van der Waals surface area (Å²) in [5.41, 5.74) is 3.86. The molecular weight excluding hydrogens is 284 g/mol. The van der Waals surface area contributed by atoms with Crippen molar-refractivity contribution in [2.45, 2.75) is 26.3 Å². The first-order valence-electron chi connectivity index (χ1n) is 7.13. The molecule has 0 atom stereocenters. The number of aromatic nitrogens is 1. The molecule has 1 aliphatic heterocycles. The van der Waals surface area contributed by atoms with E-state index in [4.69, 9.17) is 11.6 Å². The summed E-state index contributed by atoms with van der Waals surface area (Å²) in [6.07, 6.45) is 3.57. The topological polar surface area (TPSA) is 33.2 Å². The number of carbonyl (C=O) groups excluding carboxylic acids is 1. The minimum atomic E-state index is -0.0378. The van der Waals surface area contributed by atoms with Gasteiger partial charge in [0.05, 0.1) is 10.6 Å². The molecule has 0 radical (unpaired) electrons. The second-order valence-electron chi connectivity index (χ2n) is 5.40. The van der Waals surface area contributed by atoms with E-state index in [1.54, 1.807) is 12.3 Å². The molecule has 1 amide bonds. The van der Waals surface area contributed by atoms with E-state index in [0.717, 1.165) is 25.1 Å². The molecule has 1 aromatic carbocycles. The largest absolute Gasteiger partial charge is 0.334 e. The van der Waals surface area contributed by atoms with Crippen LogP contribution in [-0.4, -0.2) is 22.3 Å². The highest BCUT2D eigenvalue weighted by Gasteiger charge is 2.22. The third-order valence-corrected chi connectivity index (χ3v) is 4.17. The number of pyridine rings is 1. The Labute approximate surface area is 129 Å². The molecule has 3 rings (SSSR count). The summed E-state index contributed by atoms with van der Waals surface area (Å²) in [7, 11) is 0. The van der Waals surface area contributed by atoms with Crippen molar-refractivity contribution in [1.29, 1.82) is 0 Å². The van der Waals surface area contributed by atoms with Crippen molar-refractivity contribution in [3.05, 3.63) is 63.9 Å². The quantitative estimate of drug-likeness (QED) is 0.806. The van der Waals surface area contributed by atoms with Crippen molar-refractivity contribution in [2.75, 3.05) is 6.54 Å². The monoisotopic (exact) mass is 300 g/mol. The first-order chi connectivity index (χ1) is 10.1. The van der Waals surface area contributed by atoms with Gasteiger partial charge in [0.2, 0.25) is 0 Å². The molecule has 1 aromatic heterocycles. The number of halogens is 1. The van der Waals surface area contributed by atoms with E-state index < -0.39 is 0 Å². The minimum absolute atomic E-state index is 0.0378. The van der Waals surface area contributed by atoms with E-state index in [0.29, 0.717) is 17.1 Å². The maximum absolute atomic E-state index is 12.7. The lowest BCUT2D eigenvalue weighted by molar-refractivity contribution is 0.0745. The van der Waals surface area contributed by atoms with Gasteiger partial charge in [-0.25, -0.2) is 0 Å². The summed E-state index contributed by atoms with van der Waals surface area (Å²) >= 11 is 6.20. The van der Waals surface area contributed by atoms with Gasteiger partial charge in [0.1, 0.15) is 0 Å². The zero-order chi connectivity index (χ0) is 14.8. The number of nitrogens with zero attached hydrogens (tertiary/aromatic N) is 2. The van der Waals surface area contributed by atoms with Crippen molar-refractivity contribution in [1.82, 2.24) is 9.88 Å². The van der Waals surface area contributed by atoms with Crippen molar-refractivity contribution < 1.29 is 4.79 Å². The molecule has 0 bridgehead atoms. The summed E-state index contributed by atoms with van der Waals surface area (Å²) in [5, 5.41) is 0.477. The molecular formula is C17H17ClN2O. The van der Waals surface area contributed by atoms with Crippen LogP contribution in [0, 0.1) is 6.92 Å². The Morgan fingerprint density at radius 1 is 1.29 bits per heavy atom. The van der Waals surface area contributed by atoms with Crippen LogP contribution < -0.4 is 0 Å². The number of aryl methyl sites for hydroxylation is 2. The van der Waals surface area contributed by atoms with Crippen LogP contribution in [0.25, 0.3) is 0 Å². The van der Waals surface area contributed by atoms with Gasteiger partial charge in [-0.15, -0.1) is 0 Å². The second kappa shape index (κ2) is 5.86. The normalized spacial score (nSPS) is 14.5. The van der Waals surface area contributed by atoms with Crippen molar-refractivity contribution in [3.63, 3.8) is 0 Å².